The molecule has 0 bridgehead atoms. The topological polar surface area (TPSA) is 60.4 Å². The van der Waals surface area contributed by atoms with Gasteiger partial charge in [0.1, 0.15) is 0 Å². The van der Waals surface area contributed by atoms with Crippen LogP contribution in [-0.4, -0.2) is 34.3 Å². The number of carboxylic acids is 1. The van der Waals surface area contributed by atoms with E-state index in [1.165, 1.54) is 4.90 Å². The van der Waals surface area contributed by atoms with E-state index in [4.69, 9.17) is 0 Å². The Labute approximate surface area is 132 Å². The van der Waals surface area contributed by atoms with Crippen LogP contribution in [0.4, 0.5) is 0 Å². The zero-order valence-corrected chi connectivity index (χ0v) is 13.3. The number of thioether (sulfide) groups is 1. The Balaban J connectivity index is 0.00000120. The zero-order valence-electron chi connectivity index (χ0n) is 10.4. The molecule has 0 aromatic rings. The van der Waals surface area contributed by atoms with Gasteiger partial charge in [-0.05, 0) is 24.7 Å². The van der Waals surface area contributed by atoms with Crippen molar-refractivity contribution in [3.8, 4) is 0 Å². The molecule has 3 aliphatic heterocycles. The van der Waals surface area contributed by atoms with Crippen molar-refractivity contribution in [2.45, 2.75) is 19.4 Å². The molecule has 18 heavy (non-hydrogen) atoms. The fourth-order valence-electron chi connectivity index (χ4n) is 3.03. The predicted octanol–water partition coefficient (Wildman–Crippen LogP) is -3.08. The SMILES string of the molecule is C/C=C1/C(=O)N2C(C(=O)[O-])=C3CCSCC3[C@@H]12.[Na+]. The van der Waals surface area contributed by atoms with Crippen LogP contribution >= 0.6 is 11.8 Å². The molecule has 90 valence electrons. The van der Waals surface area contributed by atoms with Gasteiger partial charge in [0, 0.05) is 17.2 Å². The molecule has 2 atom stereocenters. The van der Waals surface area contributed by atoms with E-state index in [1.807, 2.05) is 18.7 Å². The van der Waals surface area contributed by atoms with Gasteiger partial charge < -0.3 is 9.90 Å². The molecule has 2 fully saturated rings. The number of carboxylic acid groups (broad SMARTS) is 1. The van der Waals surface area contributed by atoms with E-state index in [0.717, 1.165) is 29.1 Å². The van der Waals surface area contributed by atoms with Crippen molar-refractivity contribution in [1.82, 2.24) is 4.90 Å². The Morgan fingerprint density at radius 2 is 2.28 bits per heavy atom. The number of nitrogens with zero attached hydrogens (tertiary/aromatic N) is 1. The third kappa shape index (κ3) is 1.72. The number of rotatable bonds is 1. The van der Waals surface area contributed by atoms with Crippen molar-refractivity contribution in [3.63, 3.8) is 0 Å². The van der Waals surface area contributed by atoms with Gasteiger partial charge in [-0.25, -0.2) is 0 Å². The van der Waals surface area contributed by atoms with Gasteiger partial charge in [0.05, 0.1) is 17.7 Å². The maximum atomic E-state index is 11.9. The summed E-state index contributed by atoms with van der Waals surface area (Å²) in [6.45, 7) is 1.83. The van der Waals surface area contributed by atoms with Crippen molar-refractivity contribution in [2.24, 2.45) is 5.92 Å². The first-order valence-electron chi connectivity index (χ1n) is 5.68. The van der Waals surface area contributed by atoms with Crippen molar-refractivity contribution < 1.29 is 44.3 Å². The van der Waals surface area contributed by atoms with Gasteiger partial charge in [0.15, 0.2) is 0 Å². The van der Waals surface area contributed by atoms with Crippen molar-refractivity contribution in [2.75, 3.05) is 11.5 Å². The Morgan fingerprint density at radius 3 is 2.89 bits per heavy atom. The van der Waals surface area contributed by atoms with Crippen LogP contribution < -0.4 is 34.7 Å². The van der Waals surface area contributed by atoms with Gasteiger partial charge in [-0.2, -0.15) is 11.8 Å². The number of fused-ring (bicyclic) bond motifs is 3. The smallest absolute Gasteiger partial charge is 0.543 e. The maximum Gasteiger partial charge on any atom is 1.00 e. The normalized spacial score (nSPS) is 31.7. The summed E-state index contributed by atoms with van der Waals surface area (Å²) >= 11 is 1.83. The van der Waals surface area contributed by atoms with E-state index >= 15 is 0 Å². The monoisotopic (exact) mass is 273 g/mol. The van der Waals surface area contributed by atoms with Crippen molar-refractivity contribution in [3.05, 3.63) is 22.9 Å². The van der Waals surface area contributed by atoms with Crippen molar-refractivity contribution in [1.29, 1.82) is 0 Å². The van der Waals surface area contributed by atoms with Gasteiger partial charge in [-0.1, -0.05) is 6.08 Å². The molecular weight excluding hydrogens is 261 g/mol. The molecular formula is C12H12NNaO3S. The van der Waals surface area contributed by atoms with E-state index in [1.54, 1.807) is 6.08 Å². The number of aliphatic carboxylic acids is 1. The summed E-state index contributed by atoms with van der Waals surface area (Å²) in [7, 11) is 0. The molecule has 3 aliphatic rings. The second-order valence-corrected chi connectivity index (χ2v) is 5.61. The third-order valence-corrected chi connectivity index (χ3v) is 4.84. The Bertz CT molecular complexity index is 486. The molecule has 0 radical (unpaired) electrons. The molecule has 3 rings (SSSR count). The summed E-state index contributed by atoms with van der Waals surface area (Å²) in [5.74, 6) is 0.650. The molecule has 3 heterocycles. The van der Waals surface area contributed by atoms with Crippen LogP contribution in [0.15, 0.2) is 22.9 Å². The number of carbonyl (C=O) groups excluding carboxylic acids is 2. The van der Waals surface area contributed by atoms with Gasteiger partial charge in [0.25, 0.3) is 5.91 Å². The second-order valence-electron chi connectivity index (χ2n) is 4.46. The number of hydrogen-bond donors (Lipinski definition) is 0. The summed E-state index contributed by atoms with van der Waals surface area (Å²) < 4.78 is 0. The van der Waals surface area contributed by atoms with E-state index in [-0.39, 0.29) is 53.1 Å². The molecule has 0 aliphatic carbocycles. The molecule has 4 nitrogen and oxygen atoms in total. The number of amides is 1. The van der Waals surface area contributed by atoms with Crippen LogP contribution in [0.5, 0.6) is 0 Å². The Hall–Kier alpha value is -0.230. The molecule has 0 saturated carbocycles. The van der Waals surface area contributed by atoms with E-state index in [9.17, 15) is 14.7 Å². The molecule has 0 aromatic heterocycles. The standard InChI is InChI=1S/C12H13NO3S.Na/c1-2-6-9-8-5-17-4-3-7(8)10(12(15)16)13(9)11(6)14;/h2,8-9H,3-5H2,1H3,(H,15,16);/q;+1/p-1/b6-2+;/t8?,9-;/m1./s1. The first-order chi connectivity index (χ1) is 8.16. The van der Waals surface area contributed by atoms with Crippen LogP contribution in [0.25, 0.3) is 0 Å². The predicted molar refractivity (Wildman–Crippen MR) is 61.9 cm³/mol. The van der Waals surface area contributed by atoms with Gasteiger partial charge >= 0.3 is 29.6 Å². The Morgan fingerprint density at radius 1 is 1.56 bits per heavy atom. The van der Waals surface area contributed by atoms with Crippen LogP contribution in [0, 0.1) is 5.92 Å². The molecule has 2 saturated heterocycles. The van der Waals surface area contributed by atoms with Crippen molar-refractivity contribution >= 4 is 23.6 Å². The summed E-state index contributed by atoms with van der Waals surface area (Å²) in [6.07, 6.45) is 2.56. The van der Waals surface area contributed by atoms with Gasteiger partial charge in [-0.3, -0.25) is 9.69 Å². The van der Waals surface area contributed by atoms with Gasteiger partial charge in [-0.15, -0.1) is 0 Å². The number of allylic oxidation sites excluding steroid dienone is 1. The summed E-state index contributed by atoms with van der Waals surface area (Å²) in [5, 5.41) is 11.2. The minimum Gasteiger partial charge on any atom is -0.543 e. The van der Waals surface area contributed by atoms with Crippen LogP contribution in [-0.2, 0) is 9.59 Å². The third-order valence-electron chi connectivity index (χ3n) is 3.75. The first kappa shape index (κ1) is 14.2. The van der Waals surface area contributed by atoms with E-state index in [2.05, 4.69) is 0 Å². The molecule has 1 amide bonds. The molecule has 0 aromatic carbocycles. The number of hydrogen-bond acceptors (Lipinski definition) is 4. The largest absolute Gasteiger partial charge is 1.00 e. The molecule has 0 N–H and O–H groups in total. The summed E-state index contributed by atoms with van der Waals surface area (Å²) in [4.78, 5) is 24.5. The maximum absolute atomic E-state index is 11.9. The molecule has 1 unspecified atom stereocenters. The molecule has 6 heteroatoms. The van der Waals surface area contributed by atoms with Crippen LogP contribution in [0.2, 0.25) is 0 Å². The zero-order chi connectivity index (χ0) is 12.2. The average Bonchev–Trinajstić information content (AvgIpc) is 2.61. The fraction of sp³-hybridized carbons (Fsp3) is 0.500. The second kappa shape index (κ2) is 5.04. The summed E-state index contributed by atoms with van der Waals surface area (Å²) in [6, 6.07) is -0.0387. The summed E-state index contributed by atoms with van der Waals surface area (Å²) in [5.41, 5.74) is 1.82. The van der Waals surface area contributed by atoms with E-state index in [0.29, 0.717) is 0 Å². The quantitative estimate of drug-likeness (QED) is 0.289. The van der Waals surface area contributed by atoms with E-state index < -0.39 is 5.97 Å². The number of β-lactam (4-membered cyclic amide) rings is 1. The van der Waals surface area contributed by atoms with Gasteiger partial charge in [0.2, 0.25) is 0 Å². The van der Waals surface area contributed by atoms with Crippen LogP contribution in [0.1, 0.15) is 13.3 Å². The number of carbonyl (C=O) groups is 2. The minimum atomic E-state index is -1.21. The first-order valence-corrected chi connectivity index (χ1v) is 6.84. The average molecular weight is 273 g/mol. The van der Waals surface area contributed by atoms with Crippen LogP contribution in [0.3, 0.4) is 0 Å². The minimum absolute atomic E-state index is 0. The Kier molecular flexibility index (Phi) is 3.97. The molecule has 0 spiro atoms. The fourth-order valence-corrected chi connectivity index (χ4v) is 4.20.